The molecule has 0 N–H and O–H groups in total. The van der Waals surface area contributed by atoms with E-state index in [1.54, 1.807) is 0 Å². The number of nitrogens with zero attached hydrogens (tertiary/aromatic N) is 6. The molecule has 13 rings (SSSR count). The van der Waals surface area contributed by atoms with E-state index in [2.05, 4.69) is 208 Å². The van der Waals surface area contributed by atoms with E-state index in [4.69, 9.17) is 10.3 Å². The summed E-state index contributed by atoms with van der Waals surface area (Å²) in [5, 5.41) is 16.9. The monoisotopic (exact) mass is 792 g/mol. The Balaban J connectivity index is 1.06. The predicted octanol–water partition coefficient (Wildman–Crippen LogP) is 13.9. The van der Waals surface area contributed by atoms with Gasteiger partial charge in [-0.2, -0.15) is 0 Å². The fourth-order valence-electron chi connectivity index (χ4n) is 9.88. The molecule has 0 aliphatic rings. The molecule has 0 unspecified atom stereocenters. The van der Waals surface area contributed by atoms with Gasteiger partial charge in [-0.05, 0) is 72.8 Å². The van der Waals surface area contributed by atoms with Crippen molar-refractivity contribution in [1.29, 1.82) is 0 Å². The van der Waals surface area contributed by atoms with Crippen LogP contribution in [0.15, 0.2) is 218 Å². The summed E-state index contributed by atoms with van der Waals surface area (Å²) in [7, 11) is 0. The van der Waals surface area contributed by atoms with Crippen molar-refractivity contribution < 1.29 is 0 Å². The first kappa shape index (κ1) is 34.4. The summed E-state index contributed by atoms with van der Waals surface area (Å²) >= 11 is 0. The summed E-state index contributed by atoms with van der Waals surface area (Å²) in [6.07, 6.45) is 0. The molecule has 0 fully saturated rings. The molecule has 0 amide bonds. The van der Waals surface area contributed by atoms with Crippen LogP contribution < -0.4 is 0 Å². The highest BCUT2D eigenvalue weighted by molar-refractivity contribution is 6.26. The van der Waals surface area contributed by atoms with Crippen molar-refractivity contribution >= 4 is 65.4 Å². The Morgan fingerprint density at radius 1 is 0.306 bits per heavy atom. The van der Waals surface area contributed by atoms with E-state index < -0.39 is 0 Å². The number of para-hydroxylation sites is 5. The molecule has 62 heavy (non-hydrogen) atoms. The standard InChI is InChI=1S/C56H36N6/c1-4-17-37(18-5-1)54-55(62(58-57-54)40-21-8-3-9-22-40)38-31-32-45-43-25-10-13-28-48(43)60(52(45)35-38)42-24-16-23-41(36-42)59-50-30-15-12-27-47(50)53-51(59)34-33-46-44-26-11-14-29-49(44)61(56(46)53)39-19-6-2-7-20-39/h1-36H. The molecule has 0 radical (unpaired) electrons. The Morgan fingerprint density at radius 2 is 0.823 bits per heavy atom. The molecule has 6 nitrogen and oxygen atoms in total. The lowest BCUT2D eigenvalue weighted by Crippen LogP contribution is -2.00. The predicted molar refractivity (Wildman–Crippen MR) is 255 cm³/mol. The highest BCUT2D eigenvalue weighted by Crippen LogP contribution is 2.43. The molecule has 0 aliphatic carbocycles. The number of aromatic nitrogens is 6. The third kappa shape index (κ3) is 5.04. The van der Waals surface area contributed by atoms with E-state index in [-0.39, 0.29) is 0 Å². The van der Waals surface area contributed by atoms with Crippen LogP contribution in [0.2, 0.25) is 0 Å². The number of hydrogen-bond acceptors (Lipinski definition) is 2. The van der Waals surface area contributed by atoms with Crippen molar-refractivity contribution in [2.75, 3.05) is 0 Å². The van der Waals surface area contributed by atoms with Gasteiger partial charge in [-0.25, -0.2) is 4.68 Å². The molecule has 0 saturated heterocycles. The van der Waals surface area contributed by atoms with Crippen LogP contribution in [-0.2, 0) is 0 Å². The van der Waals surface area contributed by atoms with Crippen molar-refractivity contribution in [2.45, 2.75) is 0 Å². The van der Waals surface area contributed by atoms with Gasteiger partial charge in [0, 0.05) is 60.5 Å². The van der Waals surface area contributed by atoms with Crippen LogP contribution in [0.4, 0.5) is 0 Å². The molecule has 0 spiro atoms. The van der Waals surface area contributed by atoms with Crippen LogP contribution >= 0.6 is 0 Å². The van der Waals surface area contributed by atoms with E-state index in [1.165, 1.54) is 43.4 Å². The summed E-state index contributed by atoms with van der Waals surface area (Å²) in [4.78, 5) is 0. The minimum Gasteiger partial charge on any atom is -0.309 e. The second kappa shape index (κ2) is 13.5. The molecule has 0 saturated carbocycles. The van der Waals surface area contributed by atoms with Gasteiger partial charge in [0.25, 0.3) is 0 Å². The number of benzene rings is 9. The average molecular weight is 793 g/mol. The first-order valence-corrected chi connectivity index (χ1v) is 21.0. The minimum atomic E-state index is 0.838. The topological polar surface area (TPSA) is 45.5 Å². The summed E-state index contributed by atoms with van der Waals surface area (Å²) in [6.45, 7) is 0. The smallest absolute Gasteiger partial charge is 0.121 e. The van der Waals surface area contributed by atoms with Gasteiger partial charge >= 0.3 is 0 Å². The van der Waals surface area contributed by atoms with E-state index in [1.807, 2.05) is 28.9 Å². The molecule has 9 aromatic carbocycles. The van der Waals surface area contributed by atoms with Crippen molar-refractivity contribution in [1.82, 2.24) is 28.7 Å². The van der Waals surface area contributed by atoms with Gasteiger partial charge in [0.1, 0.15) is 11.4 Å². The summed E-state index contributed by atoms with van der Waals surface area (Å²) in [5.74, 6) is 0. The van der Waals surface area contributed by atoms with Crippen molar-refractivity contribution in [3.63, 3.8) is 0 Å². The summed E-state index contributed by atoms with van der Waals surface area (Å²) in [6, 6.07) is 78.1. The van der Waals surface area contributed by atoms with Crippen LogP contribution in [0, 0.1) is 0 Å². The molecule has 4 heterocycles. The van der Waals surface area contributed by atoms with E-state index in [0.717, 1.165) is 67.3 Å². The molecule has 290 valence electrons. The molecular formula is C56H36N6. The van der Waals surface area contributed by atoms with Gasteiger partial charge in [-0.3, -0.25) is 0 Å². The Morgan fingerprint density at radius 3 is 1.53 bits per heavy atom. The molecule has 0 bridgehead atoms. The van der Waals surface area contributed by atoms with E-state index >= 15 is 0 Å². The maximum absolute atomic E-state index is 4.79. The zero-order valence-electron chi connectivity index (χ0n) is 33.5. The fraction of sp³-hybridized carbons (Fsp3) is 0. The maximum atomic E-state index is 4.79. The van der Waals surface area contributed by atoms with Gasteiger partial charge in [0.15, 0.2) is 0 Å². The summed E-state index contributed by atoms with van der Waals surface area (Å²) < 4.78 is 9.26. The third-order valence-corrected chi connectivity index (χ3v) is 12.5. The maximum Gasteiger partial charge on any atom is 0.121 e. The minimum absolute atomic E-state index is 0.838. The van der Waals surface area contributed by atoms with Crippen LogP contribution in [0.5, 0.6) is 0 Å². The lowest BCUT2D eigenvalue weighted by molar-refractivity contribution is 0.808. The number of rotatable bonds is 6. The normalized spacial score (nSPS) is 11.9. The van der Waals surface area contributed by atoms with Crippen LogP contribution in [0.1, 0.15) is 0 Å². The molecule has 4 aromatic heterocycles. The average Bonchev–Trinajstić information content (AvgIpc) is 4.11. The van der Waals surface area contributed by atoms with Gasteiger partial charge in [-0.15, -0.1) is 5.10 Å². The second-order valence-electron chi connectivity index (χ2n) is 15.9. The van der Waals surface area contributed by atoms with Gasteiger partial charge in [0.05, 0.1) is 38.8 Å². The Bertz CT molecular complexity index is 3790. The Hall–Kier alpha value is -8.48. The van der Waals surface area contributed by atoms with Gasteiger partial charge < -0.3 is 13.7 Å². The molecule has 0 atom stereocenters. The molecule has 6 heteroatoms. The van der Waals surface area contributed by atoms with E-state index in [0.29, 0.717) is 0 Å². The number of hydrogen-bond donors (Lipinski definition) is 0. The SMILES string of the molecule is c1ccc(-c2nnn(-c3ccccc3)c2-c2ccc3c4ccccc4n(-c4cccc(-n5c6ccccc6c6c5ccc5c7ccccc7n(-c7ccccc7)c56)c4)c3c2)cc1. The Labute approximate surface area is 356 Å². The van der Waals surface area contributed by atoms with Gasteiger partial charge in [0.2, 0.25) is 0 Å². The first-order valence-electron chi connectivity index (χ1n) is 21.0. The van der Waals surface area contributed by atoms with Crippen molar-refractivity contribution in [2.24, 2.45) is 0 Å². The first-order chi connectivity index (χ1) is 30.8. The van der Waals surface area contributed by atoms with Crippen molar-refractivity contribution in [3.8, 4) is 45.3 Å². The lowest BCUT2D eigenvalue weighted by atomic mass is 10.0. The largest absolute Gasteiger partial charge is 0.309 e. The number of fused-ring (bicyclic) bond motifs is 10. The molecule has 13 aromatic rings. The second-order valence-corrected chi connectivity index (χ2v) is 15.9. The fourth-order valence-corrected chi connectivity index (χ4v) is 9.88. The molecular weight excluding hydrogens is 757 g/mol. The molecule has 0 aliphatic heterocycles. The summed E-state index contributed by atoms with van der Waals surface area (Å²) in [5.41, 5.74) is 15.1. The lowest BCUT2D eigenvalue weighted by Gasteiger charge is -2.14. The van der Waals surface area contributed by atoms with Crippen LogP contribution in [-0.4, -0.2) is 28.7 Å². The zero-order chi connectivity index (χ0) is 40.7. The highest BCUT2D eigenvalue weighted by Gasteiger charge is 2.23. The third-order valence-electron chi connectivity index (χ3n) is 12.5. The zero-order valence-corrected chi connectivity index (χ0v) is 33.5. The highest BCUT2D eigenvalue weighted by atomic mass is 15.4. The Kier molecular flexibility index (Phi) is 7.50. The van der Waals surface area contributed by atoms with E-state index in [9.17, 15) is 0 Å². The quantitative estimate of drug-likeness (QED) is 0.168. The van der Waals surface area contributed by atoms with Crippen LogP contribution in [0.25, 0.3) is 111 Å². The van der Waals surface area contributed by atoms with Crippen molar-refractivity contribution in [3.05, 3.63) is 218 Å². The van der Waals surface area contributed by atoms with Crippen LogP contribution in [0.3, 0.4) is 0 Å². The van der Waals surface area contributed by atoms with Gasteiger partial charge in [-0.1, -0.05) is 151 Å².